The van der Waals surface area contributed by atoms with Gasteiger partial charge >= 0.3 is 0 Å². The van der Waals surface area contributed by atoms with Gasteiger partial charge in [0, 0.05) is 12.0 Å². The fraction of sp³-hybridized carbons (Fsp3) is 0.217. The van der Waals surface area contributed by atoms with Gasteiger partial charge in [-0.25, -0.2) is 0 Å². The Balaban J connectivity index is 1.94. The predicted molar refractivity (Wildman–Crippen MR) is 105 cm³/mol. The number of rotatable bonds is 8. The Labute approximate surface area is 154 Å². The van der Waals surface area contributed by atoms with Crippen molar-refractivity contribution in [3.8, 4) is 0 Å². The zero-order valence-electron chi connectivity index (χ0n) is 14.4. The molecule has 0 fully saturated rings. The summed E-state index contributed by atoms with van der Waals surface area (Å²) < 4.78 is 5.53. The van der Waals surface area contributed by atoms with E-state index in [1.807, 2.05) is 0 Å². The van der Waals surface area contributed by atoms with Crippen LogP contribution in [0.1, 0.15) is 16.7 Å². The van der Waals surface area contributed by atoms with Crippen LogP contribution < -0.4 is 0 Å². The van der Waals surface area contributed by atoms with E-state index in [9.17, 15) is 0 Å². The molecule has 0 aromatic heterocycles. The van der Waals surface area contributed by atoms with Gasteiger partial charge in [-0.05, 0) is 36.0 Å². The molecule has 1 nitrogen and oxygen atoms in total. The molecule has 0 saturated heterocycles. The lowest BCUT2D eigenvalue weighted by molar-refractivity contribution is 0.150. The summed E-state index contributed by atoms with van der Waals surface area (Å²) >= 11 is 0. The van der Waals surface area contributed by atoms with Gasteiger partial charge in [0.1, 0.15) is 0 Å². The summed E-state index contributed by atoms with van der Waals surface area (Å²) in [6.45, 7) is 0.655. The Kier molecular flexibility index (Phi) is 6.21. The molecule has 3 aromatic carbocycles. The van der Waals surface area contributed by atoms with E-state index in [1.165, 1.54) is 16.7 Å². The topological polar surface area (TPSA) is 9.23 Å². The molecule has 3 rings (SSSR count). The SMILES string of the molecule is [Si]OCC(Cc1ccccc1)(Cc1ccccc1)Cc1ccccc1. The summed E-state index contributed by atoms with van der Waals surface area (Å²) in [5.41, 5.74) is 4.03. The zero-order chi connectivity index (χ0) is 17.4. The van der Waals surface area contributed by atoms with Gasteiger partial charge in [0.25, 0.3) is 0 Å². The van der Waals surface area contributed by atoms with E-state index in [4.69, 9.17) is 4.43 Å². The first kappa shape index (κ1) is 17.7. The standard InChI is InChI=1S/C23H23OSi/c25-24-19-23(16-20-10-4-1-5-11-20,17-21-12-6-2-7-13-21)18-22-14-8-3-9-15-22/h1-15H,16-19H2. The molecule has 0 aliphatic rings. The zero-order valence-corrected chi connectivity index (χ0v) is 15.4. The van der Waals surface area contributed by atoms with E-state index in [0.717, 1.165) is 19.3 Å². The summed E-state index contributed by atoms with van der Waals surface area (Å²) in [5.74, 6) is 0. The summed E-state index contributed by atoms with van der Waals surface area (Å²) in [6.07, 6.45) is 2.92. The number of hydrogen-bond donors (Lipinski definition) is 0. The maximum Gasteiger partial charge on any atom is 0.246 e. The normalized spacial score (nSPS) is 11.4. The van der Waals surface area contributed by atoms with Gasteiger partial charge in [-0.15, -0.1) is 0 Å². The quantitative estimate of drug-likeness (QED) is 0.534. The molecule has 0 bridgehead atoms. The third kappa shape index (κ3) is 5.15. The van der Waals surface area contributed by atoms with Crippen LogP contribution in [0, 0.1) is 5.41 Å². The summed E-state index contributed by atoms with van der Waals surface area (Å²) in [5, 5.41) is 0. The molecule has 0 aliphatic carbocycles. The van der Waals surface area contributed by atoms with Crippen molar-refractivity contribution >= 4 is 10.5 Å². The molecular formula is C23H23OSi. The van der Waals surface area contributed by atoms with Gasteiger partial charge in [-0.2, -0.15) is 0 Å². The molecule has 3 aromatic rings. The van der Waals surface area contributed by atoms with Crippen molar-refractivity contribution < 1.29 is 4.43 Å². The van der Waals surface area contributed by atoms with Crippen LogP contribution in [-0.2, 0) is 23.7 Å². The van der Waals surface area contributed by atoms with Gasteiger partial charge in [0.2, 0.25) is 10.5 Å². The lowest BCUT2D eigenvalue weighted by Gasteiger charge is -2.34. The fourth-order valence-corrected chi connectivity index (χ4v) is 3.89. The van der Waals surface area contributed by atoms with Crippen molar-refractivity contribution in [2.75, 3.05) is 6.61 Å². The van der Waals surface area contributed by atoms with E-state index in [2.05, 4.69) is 101 Å². The minimum absolute atomic E-state index is 0.00813. The second-order valence-corrected chi connectivity index (χ2v) is 7.06. The Bertz CT molecular complexity index is 639. The second kappa shape index (κ2) is 8.79. The van der Waals surface area contributed by atoms with Crippen molar-refractivity contribution in [2.24, 2.45) is 5.41 Å². The highest BCUT2D eigenvalue weighted by Gasteiger charge is 2.31. The smallest absolute Gasteiger partial charge is 0.246 e. The average molecular weight is 344 g/mol. The molecule has 0 spiro atoms. The molecule has 0 atom stereocenters. The van der Waals surface area contributed by atoms with Crippen molar-refractivity contribution in [2.45, 2.75) is 19.3 Å². The van der Waals surface area contributed by atoms with Gasteiger partial charge in [0.05, 0.1) is 0 Å². The van der Waals surface area contributed by atoms with Gasteiger partial charge in [0.15, 0.2) is 0 Å². The third-order valence-corrected chi connectivity index (χ3v) is 4.79. The lowest BCUT2D eigenvalue weighted by atomic mass is 9.73. The monoisotopic (exact) mass is 343 g/mol. The van der Waals surface area contributed by atoms with Gasteiger partial charge in [-0.1, -0.05) is 91.0 Å². The molecule has 0 N–H and O–H groups in total. The Morgan fingerprint density at radius 1 is 0.560 bits per heavy atom. The first-order valence-corrected chi connectivity index (χ1v) is 9.11. The molecule has 0 heterocycles. The molecule has 2 heteroatoms. The predicted octanol–water partition coefficient (Wildman–Crippen LogP) is 4.80. The third-order valence-electron chi connectivity index (χ3n) is 4.64. The summed E-state index contributed by atoms with van der Waals surface area (Å²) in [6, 6.07) is 32.1. The van der Waals surface area contributed by atoms with Crippen LogP contribution in [0.4, 0.5) is 0 Å². The summed E-state index contributed by atoms with van der Waals surface area (Å²) in [4.78, 5) is 0. The first-order valence-electron chi connectivity index (χ1n) is 8.70. The molecule has 125 valence electrons. The van der Waals surface area contributed by atoms with Crippen LogP contribution in [0.3, 0.4) is 0 Å². The Morgan fingerprint density at radius 3 is 1.16 bits per heavy atom. The molecule has 25 heavy (non-hydrogen) atoms. The van der Waals surface area contributed by atoms with Crippen LogP contribution >= 0.6 is 0 Å². The maximum atomic E-state index is 5.53. The minimum Gasteiger partial charge on any atom is -0.418 e. The Morgan fingerprint density at radius 2 is 0.880 bits per heavy atom. The van der Waals surface area contributed by atoms with Crippen molar-refractivity contribution in [1.29, 1.82) is 0 Å². The second-order valence-electron chi connectivity index (χ2n) is 6.78. The van der Waals surface area contributed by atoms with E-state index in [1.54, 1.807) is 0 Å². The molecule has 0 amide bonds. The largest absolute Gasteiger partial charge is 0.418 e. The molecule has 0 aliphatic heterocycles. The van der Waals surface area contributed by atoms with E-state index in [0.29, 0.717) is 6.61 Å². The van der Waals surface area contributed by atoms with Gasteiger partial charge < -0.3 is 4.43 Å². The minimum atomic E-state index is -0.00813. The highest BCUT2D eigenvalue weighted by molar-refractivity contribution is 5.97. The first-order chi connectivity index (χ1) is 12.3. The Hall–Kier alpha value is -2.16. The average Bonchev–Trinajstić information content (AvgIpc) is 2.64. The number of benzene rings is 3. The van der Waals surface area contributed by atoms with Crippen LogP contribution in [-0.4, -0.2) is 17.1 Å². The van der Waals surface area contributed by atoms with Crippen molar-refractivity contribution in [3.05, 3.63) is 108 Å². The summed E-state index contributed by atoms with van der Waals surface area (Å²) in [7, 11) is 3.28. The number of hydrogen-bond acceptors (Lipinski definition) is 1. The van der Waals surface area contributed by atoms with Crippen LogP contribution in [0.25, 0.3) is 0 Å². The molecular weight excluding hydrogens is 320 g/mol. The van der Waals surface area contributed by atoms with Crippen LogP contribution in [0.15, 0.2) is 91.0 Å². The highest BCUT2D eigenvalue weighted by Crippen LogP contribution is 2.32. The molecule has 3 radical (unpaired) electrons. The van der Waals surface area contributed by atoms with Crippen molar-refractivity contribution in [1.82, 2.24) is 0 Å². The van der Waals surface area contributed by atoms with E-state index < -0.39 is 0 Å². The molecule has 0 unspecified atom stereocenters. The van der Waals surface area contributed by atoms with Crippen molar-refractivity contribution in [3.63, 3.8) is 0 Å². The van der Waals surface area contributed by atoms with E-state index >= 15 is 0 Å². The van der Waals surface area contributed by atoms with Gasteiger partial charge in [-0.3, -0.25) is 0 Å². The fourth-order valence-electron chi connectivity index (χ4n) is 3.58. The van der Waals surface area contributed by atoms with Crippen LogP contribution in [0.2, 0.25) is 0 Å². The highest BCUT2D eigenvalue weighted by atomic mass is 28.2. The van der Waals surface area contributed by atoms with E-state index in [-0.39, 0.29) is 5.41 Å². The lowest BCUT2D eigenvalue weighted by Crippen LogP contribution is -2.34. The maximum absolute atomic E-state index is 5.53. The molecule has 0 saturated carbocycles. The van der Waals surface area contributed by atoms with Crippen LogP contribution in [0.5, 0.6) is 0 Å².